The van der Waals surface area contributed by atoms with Gasteiger partial charge in [0.15, 0.2) is 5.78 Å². The van der Waals surface area contributed by atoms with E-state index in [1.54, 1.807) is 0 Å². The molecular weight excluding hydrogens is 392 g/mol. The molecule has 0 radical (unpaired) electrons. The fourth-order valence-corrected chi connectivity index (χ4v) is 3.46. The van der Waals surface area contributed by atoms with Crippen molar-refractivity contribution in [1.82, 2.24) is 9.55 Å². The lowest BCUT2D eigenvalue weighted by Crippen LogP contribution is -2.48. The second kappa shape index (κ2) is 9.06. The van der Waals surface area contributed by atoms with Crippen molar-refractivity contribution < 1.29 is 14.6 Å². The molecule has 158 valence electrons. The van der Waals surface area contributed by atoms with Crippen LogP contribution in [0, 0.1) is 6.92 Å². The summed E-state index contributed by atoms with van der Waals surface area (Å²) in [5.74, 6) is -0.660. The summed E-state index contributed by atoms with van der Waals surface area (Å²) < 4.78 is 6.86. The molecule has 1 aliphatic rings. The van der Waals surface area contributed by atoms with Gasteiger partial charge < -0.3 is 15.6 Å². The highest BCUT2D eigenvalue weighted by atomic mass is 16.5. The van der Waals surface area contributed by atoms with Gasteiger partial charge in [-0.2, -0.15) is 0 Å². The van der Waals surface area contributed by atoms with E-state index in [0.717, 1.165) is 10.1 Å². The van der Waals surface area contributed by atoms with Crippen LogP contribution in [0.4, 0.5) is 0 Å². The summed E-state index contributed by atoms with van der Waals surface area (Å²) in [6, 6.07) is 7.20. The second-order valence-electron chi connectivity index (χ2n) is 7.19. The summed E-state index contributed by atoms with van der Waals surface area (Å²) in [4.78, 5) is 41.3. The number of nitrogens with two attached hydrogens (primary N) is 1. The van der Waals surface area contributed by atoms with E-state index in [0.29, 0.717) is 0 Å². The van der Waals surface area contributed by atoms with Crippen LogP contribution in [0.25, 0.3) is 10.4 Å². The van der Waals surface area contributed by atoms with Gasteiger partial charge in [-0.05, 0) is 24.4 Å². The first-order valence-corrected chi connectivity index (χ1v) is 9.35. The lowest BCUT2D eigenvalue weighted by atomic mass is 9.95. The van der Waals surface area contributed by atoms with Crippen molar-refractivity contribution in [2.24, 2.45) is 10.8 Å². The van der Waals surface area contributed by atoms with Gasteiger partial charge in [0.1, 0.15) is 18.4 Å². The molecule has 0 saturated carbocycles. The number of carbonyl (C=O) groups is 1. The zero-order chi connectivity index (χ0) is 21.8. The van der Waals surface area contributed by atoms with Gasteiger partial charge in [-0.3, -0.25) is 19.1 Å². The van der Waals surface area contributed by atoms with Crippen LogP contribution in [-0.2, 0) is 16.0 Å². The molecule has 11 heteroatoms. The summed E-state index contributed by atoms with van der Waals surface area (Å²) in [5, 5.41) is 14.2. The molecule has 1 saturated heterocycles. The van der Waals surface area contributed by atoms with E-state index in [9.17, 15) is 19.5 Å². The molecule has 2 aromatic rings. The molecule has 1 aliphatic heterocycles. The minimum absolute atomic E-state index is 0.0401. The van der Waals surface area contributed by atoms with Crippen molar-refractivity contribution in [3.63, 3.8) is 0 Å². The number of benzene rings is 1. The molecule has 0 spiro atoms. The number of aliphatic hydroxyl groups is 1. The van der Waals surface area contributed by atoms with Gasteiger partial charge in [-0.15, -0.1) is 0 Å². The number of ketones is 1. The van der Waals surface area contributed by atoms with Gasteiger partial charge in [0.25, 0.3) is 5.56 Å². The van der Waals surface area contributed by atoms with E-state index in [1.165, 1.54) is 13.1 Å². The molecule has 1 aromatic heterocycles. The van der Waals surface area contributed by atoms with Crippen LogP contribution in [0.3, 0.4) is 0 Å². The molecule has 1 aromatic carbocycles. The van der Waals surface area contributed by atoms with Crippen molar-refractivity contribution in [3.05, 3.63) is 78.9 Å². The SMILES string of the molecule is Cc1cn([C@H]2CC(N=[N+]=[N-])[C@@H](C(O)C(=O)C(N)Cc3ccccc3)O2)c(=O)[nH]c1=O. The zero-order valence-electron chi connectivity index (χ0n) is 16.2. The highest BCUT2D eigenvalue weighted by Gasteiger charge is 2.43. The minimum atomic E-state index is -1.65. The van der Waals surface area contributed by atoms with Crippen molar-refractivity contribution in [1.29, 1.82) is 0 Å². The predicted molar refractivity (Wildman–Crippen MR) is 107 cm³/mol. The Balaban J connectivity index is 1.80. The first-order chi connectivity index (χ1) is 14.3. The molecule has 1 fully saturated rings. The lowest BCUT2D eigenvalue weighted by Gasteiger charge is -2.23. The first kappa shape index (κ1) is 21.5. The third-order valence-electron chi connectivity index (χ3n) is 5.06. The summed E-state index contributed by atoms with van der Waals surface area (Å²) in [6.45, 7) is 1.52. The Labute approximate surface area is 170 Å². The number of hydrogen-bond acceptors (Lipinski definition) is 7. The standard InChI is InChI=1S/C19H22N6O5/c1-10-9-25(19(29)22-18(10)28)14-8-13(23-24-21)17(30-14)16(27)15(26)12(20)7-11-5-3-2-4-6-11/h2-6,9,12-14,16-17,27H,7-8,20H2,1H3,(H,22,28,29)/t12?,13?,14-,16?,17+/m1/s1. The summed E-state index contributed by atoms with van der Waals surface area (Å²) in [6.07, 6.45) is -2.18. The molecule has 4 N–H and O–H groups in total. The molecule has 11 nitrogen and oxygen atoms in total. The van der Waals surface area contributed by atoms with E-state index >= 15 is 0 Å². The Morgan fingerprint density at radius 2 is 2.13 bits per heavy atom. The van der Waals surface area contributed by atoms with Crippen LogP contribution >= 0.6 is 0 Å². The average Bonchev–Trinajstić information content (AvgIpc) is 3.14. The molecule has 0 amide bonds. The van der Waals surface area contributed by atoms with E-state index in [1.807, 2.05) is 30.3 Å². The smallest absolute Gasteiger partial charge is 0.330 e. The number of aromatic nitrogens is 2. The average molecular weight is 414 g/mol. The quantitative estimate of drug-likeness (QED) is 0.333. The number of rotatable bonds is 7. The number of aryl methyl sites for hydroxylation is 1. The molecule has 30 heavy (non-hydrogen) atoms. The number of hydrogen-bond donors (Lipinski definition) is 3. The van der Waals surface area contributed by atoms with Crippen LogP contribution in [-0.4, -0.2) is 44.7 Å². The van der Waals surface area contributed by atoms with Crippen LogP contribution < -0.4 is 17.0 Å². The van der Waals surface area contributed by atoms with Crippen LogP contribution in [0.5, 0.6) is 0 Å². The fourth-order valence-electron chi connectivity index (χ4n) is 3.46. The molecule has 5 atom stereocenters. The number of H-pyrrole nitrogens is 1. The van der Waals surface area contributed by atoms with Crippen LogP contribution in [0.1, 0.15) is 23.8 Å². The van der Waals surface area contributed by atoms with Crippen molar-refractivity contribution in [2.45, 2.75) is 50.3 Å². The predicted octanol–water partition coefficient (Wildman–Crippen LogP) is 0.311. The largest absolute Gasteiger partial charge is 0.382 e. The third kappa shape index (κ3) is 4.50. The maximum atomic E-state index is 12.7. The maximum Gasteiger partial charge on any atom is 0.330 e. The minimum Gasteiger partial charge on any atom is -0.382 e. The number of azide groups is 1. The Morgan fingerprint density at radius 3 is 2.80 bits per heavy atom. The molecule has 0 aliphatic carbocycles. The highest BCUT2D eigenvalue weighted by Crippen LogP contribution is 2.32. The number of nitrogens with zero attached hydrogens (tertiary/aromatic N) is 4. The van der Waals surface area contributed by atoms with E-state index in [4.69, 9.17) is 16.0 Å². The maximum absolute atomic E-state index is 12.7. The van der Waals surface area contributed by atoms with Crippen LogP contribution in [0.15, 0.2) is 51.2 Å². The fraction of sp³-hybridized carbons (Fsp3) is 0.421. The van der Waals surface area contributed by atoms with Gasteiger partial charge in [-0.1, -0.05) is 35.4 Å². The summed E-state index contributed by atoms with van der Waals surface area (Å²) in [7, 11) is 0. The van der Waals surface area contributed by atoms with Crippen molar-refractivity contribution in [3.8, 4) is 0 Å². The topological polar surface area (TPSA) is 176 Å². The second-order valence-corrected chi connectivity index (χ2v) is 7.19. The lowest BCUT2D eigenvalue weighted by molar-refractivity contribution is -0.139. The number of ether oxygens (including phenoxy) is 1. The monoisotopic (exact) mass is 414 g/mol. The van der Waals surface area contributed by atoms with Gasteiger partial charge in [-0.25, -0.2) is 4.79 Å². The molecular formula is C19H22N6O5. The zero-order valence-corrected chi connectivity index (χ0v) is 16.2. The number of carbonyl (C=O) groups excluding carboxylic acids is 1. The molecule has 0 bridgehead atoms. The van der Waals surface area contributed by atoms with Crippen LogP contribution in [0.2, 0.25) is 0 Å². The van der Waals surface area contributed by atoms with Gasteiger partial charge in [0.05, 0.1) is 12.1 Å². The van der Waals surface area contributed by atoms with Crippen molar-refractivity contribution in [2.75, 3.05) is 0 Å². The van der Waals surface area contributed by atoms with Gasteiger partial charge in [0, 0.05) is 23.1 Å². The Bertz CT molecular complexity index is 1070. The van der Waals surface area contributed by atoms with E-state index in [-0.39, 0.29) is 18.4 Å². The normalized spacial score (nSPS) is 22.8. The van der Waals surface area contributed by atoms with E-state index in [2.05, 4.69) is 15.0 Å². The Hall–Kier alpha value is -3.24. The Kier molecular flexibility index (Phi) is 6.48. The van der Waals surface area contributed by atoms with Gasteiger partial charge in [0.2, 0.25) is 0 Å². The number of Topliss-reactive ketones (excluding diaryl/α,β-unsaturated/α-hetero) is 1. The molecule has 3 unspecified atom stereocenters. The number of nitrogens with one attached hydrogen (secondary N) is 1. The highest BCUT2D eigenvalue weighted by molar-refractivity contribution is 5.88. The summed E-state index contributed by atoms with van der Waals surface area (Å²) in [5.41, 5.74) is 14.7. The van der Waals surface area contributed by atoms with E-state index < -0.39 is 47.6 Å². The third-order valence-corrected chi connectivity index (χ3v) is 5.06. The summed E-state index contributed by atoms with van der Waals surface area (Å²) >= 11 is 0. The first-order valence-electron chi connectivity index (χ1n) is 9.35. The van der Waals surface area contributed by atoms with Crippen molar-refractivity contribution >= 4 is 5.78 Å². The molecule has 2 heterocycles. The van der Waals surface area contributed by atoms with Gasteiger partial charge >= 0.3 is 5.69 Å². The Morgan fingerprint density at radius 1 is 1.43 bits per heavy atom. The molecule has 3 rings (SSSR count). The number of aromatic amines is 1. The number of aliphatic hydroxyl groups excluding tert-OH is 1.